The summed E-state index contributed by atoms with van der Waals surface area (Å²) < 4.78 is 46.3. The molecule has 0 radical (unpaired) electrons. The minimum absolute atomic E-state index is 0.0854. The van der Waals surface area contributed by atoms with E-state index in [-0.39, 0.29) is 24.9 Å². The molecule has 0 bridgehead atoms. The minimum atomic E-state index is -3.38. The van der Waals surface area contributed by atoms with Crippen molar-refractivity contribution in [2.75, 3.05) is 32.6 Å². The average Bonchev–Trinajstić information content (AvgIpc) is 3.01. The molecule has 0 saturated carbocycles. The first kappa shape index (κ1) is 17.3. The molecule has 7 nitrogen and oxygen atoms in total. The predicted octanol–water partition coefficient (Wildman–Crippen LogP) is -0.102. The fraction of sp³-hybridized carbons (Fsp3) is 0.769. The predicted molar refractivity (Wildman–Crippen MR) is 80.6 cm³/mol. The monoisotopic (exact) mass is 334 g/mol. The summed E-state index contributed by atoms with van der Waals surface area (Å²) in [5.74, 6) is -0.0854. The van der Waals surface area contributed by atoms with Crippen molar-refractivity contribution in [3.05, 3.63) is 18.0 Å². The summed E-state index contributed by atoms with van der Waals surface area (Å²) in [6.07, 6.45) is 3.04. The zero-order chi connectivity index (χ0) is 16.2. The van der Waals surface area contributed by atoms with Crippen molar-refractivity contribution < 1.29 is 17.5 Å². The maximum Gasteiger partial charge on any atom is 0.213 e. The van der Waals surface area contributed by atoms with E-state index in [1.54, 1.807) is 10.9 Å². The fourth-order valence-corrected chi connectivity index (χ4v) is 3.58. The Balaban J connectivity index is 1.90. The highest BCUT2D eigenvalue weighted by atomic mass is 32.2. The van der Waals surface area contributed by atoms with Crippen LogP contribution >= 0.6 is 0 Å². The lowest BCUT2D eigenvalue weighted by atomic mass is 10.2. The van der Waals surface area contributed by atoms with E-state index in [1.165, 1.54) is 7.11 Å². The van der Waals surface area contributed by atoms with E-state index in [0.717, 1.165) is 5.56 Å². The summed E-state index contributed by atoms with van der Waals surface area (Å²) in [7, 11) is -0.101. The number of nitrogens with zero attached hydrogens (tertiary/aromatic N) is 3. The molecule has 0 amide bonds. The summed E-state index contributed by atoms with van der Waals surface area (Å²) >= 11 is 0. The third-order valence-electron chi connectivity index (χ3n) is 3.72. The van der Waals surface area contributed by atoms with E-state index in [4.69, 9.17) is 4.74 Å². The normalized spacial score (nSPS) is 23.2. The quantitative estimate of drug-likeness (QED) is 0.718. The van der Waals surface area contributed by atoms with E-state index in [9.17, 15) is 12.8 Å². The Morgan fingerprint density at radius 1 is 1.55 bits per heavy atom. The van der Waals surface area contributed by atoms with Crippen molar-refractivity contribution in [3.63, 3.8) is 0 Å². The summed E-state index contributed by atoms with van der Waals surface area (Å²) in [6, 6.07) is -0.146. The first-order chi connectivity index (χ1) is 10.4. The second-order valence-electron chi connectivity index (χ2n) is 5.60. The maximum absolute atomic E-state index is 13.7. The Morgan fingerprint density at radius 2 is 2.32 bits per heavy atom. The van der Waals surface area contributed by atoms with Gasteiger partial charge in [-0.15, -0.1) is 0 Å². The molecule has 2 heterocycles. The van der Waals surface area contributed by atoms with Gasteiger partial charge in [0, 0.05) is 51.6 Å². The summed E-state index contributed by atoms with van der Waals surface area (Å²) in [5, 5.41) is 4.09. The lowest BCUT2D eigenvalue weighted by Gasteiger charge is -2.23. The zero-order valence-corrected chi connectivity index (χ0v) is 13.7. The Hall–Kier alpha value is -1.03. The number of nitrogens with one attached hydrogen (secondary N) is 1. The molecule has 0 aromatic carbocycles. The van der Waals surface area contributed by atoms with Crippen molar-refractivity contribution >= 4 is 10.0 Å². The van der Waals surface area contributed by atoms with Crippen molar-refractivity contribution in [3.8, 4) is 0 Å². The Kier molecular flexibility index (Phi) is 5.90. The first-order valence-corrected chi connectivity index (χ1v) is 8.87. The Morgan fingerprint density at radius 3 is 2.95 bits per heavy atom. The summed E-state index contributed by atoms with van der Waals surface area (Å²) in [4.78, 5) is 1.96. The van der Waals surface area contributed by atoms with Crippen molar-refractivity contribution in [2.24, 2.45) is 7.05 Å². The van der Waals surface area contributed by atoms with Gasteiger partial charge in [-0.2, -0.15) is 5.10 Å². The van der Waals surface area contributed by atoms with Gasteiger partial charge >= 0.3 is 0 Å². The molecule has 1 aliphatic rings. The van der Waals surface area contributed by atoms with Crippen LogP contribution in [0, 0.1) is 0 Å². The average molecular weight is 334 g/mol. The minimum Gasteiger partial charge on any atom is -0.384 e. The van der Waals surface area contributed by atoms with E-state index in [1.807, 2.05) is 18.1 Å². The molecule has 1 fully saturated rings. The van der Waals surface area contributed by atoms with Gasteiger partial charge in [-0.3, -0.25) is 9.58 Å². The molecule has 1 aromatic heterocycles. The second kappa shape index (κ2) is 7.49. The van der Waals surface area contributed by atoms with Crippen LogP contribution in [-0.4, -0.2) is 67.9 Å². The molecule has 1 saturated heterocycles. The van der Waals surface area contributed by atoms with Gasteiger partial charge in [-0.05, 0) is 6.42 Å². The van der Waals surface area contributed by atoms with Crippen LogP contribution in [0.4, 0.5) is 4.39 Å². The third kappa shape index (κ3) is 5.01. The topological polar surface area (TPSA) is 76.5 Å². The van der Waals surface area contributed by atoms with Gasteiger partial charge in [0.2, 0.25) is 10.0 Å². The summed E-state index contributed by atoms with van der Waals surface area (Å²) in [5.41, 5.74) is 0.990. The van der Waals surface area contributed by atoms with Gasteiger partial charge in [-0.1, -0.05) is 0 Å². The molecule has 9 heteroatoms. The molecule has 0 spiro atoms. The largest absolute Gasteiger partial charge is 0.384 e. The number of likely N-dealkylation sites (tertiary alicyclic amines) is 1. The van der Waals surface area contributed by atoms with Crippen molar-refractivity contribution in [2.45, 2.75) is 25.2 Å². The number of halogens is 1. The van der Waals surface area contributed by atoms with Crippen LogP contribution in [0.25, 0.3) is 0 Å². The molecule has 126 valence electrons. The zero-order valence-electron chi connectivity index (χ0n) is 12.9. The number of alkyl halides is 1. The van der Waals surface area contributed by atoms with E-state index >= 15 is 0 Å². The van der Waals surface area contributed by atoms with E-state index in [2.05, 4.69) is 9.82 Å². The third-order valence-corrected chi connectivity index (χ3v) is 5.03. The van der Waals surface area contributed by atoms with Crippen LogP contribution in [0.1, 0.15) is 12.0 Å². The molecule has 22 heavy (non-hydrogen) atoms. The lowest BCUT2D eigenvalue weighted by molar-refractivity contribution is 0.216. The fourth-order valence-electron chi connectivity index (χ4n) is 2.60. The smallest absolute Gasteiger partial charge is 0.213 e. The number of hydrogen-bond acceptors (Lipinski definition) is 5. The lowest BCUT2D eigenvalue weighted by Crippen LogP contribution is -2.40. The van der Waals surface area contributed by atoms with Crippen LogP contribution in [0.15, 0.2) is 12.4 Å². The molecule has 1 aliphatic heterocycles. The molecule has 2 rings (SSSR count). The second-order valence-corrected chi connectivity index (χ2v) is 7.53. The number of aryl methyl sites for hydroxylation is 1. The highest BCUT2D eigenvalue weighted by Crippen LogP contribution is 2.22. The molecule has 2 atom stereocenters. The van der Waals surface area contributed by atoms with Crippen molar-refractivity contribution in [1.29, 1.82) is 0 Å². The van der Waals surface area contributed by atoms with Gasteiger partial charge in [0.1, 0.15) is 6.17 Å². The number of sulfonamides is 1. The number of ether oxygens (including phenoxy) is 1. The number of rotatable bonds is 8. The Labute approximate surface area is 130 Å². The Bertz CT molecular complexity index is 578. The SMILES string of the molecule is COCCS(=O)(=O)NC[C@@H]1C[C@H](F)CN1Cc1cnn(C)c1. The number of hydrogen-bond donors (Lipinski definition) is 1. The van der Waals surface area contributed by atoms with Gasteiger partial charge in [0.05, 0.1) is 18.6 Å². The van der Waals surface area contributed by atoms with Crippen LogP contribution in [0.3, 0.4) is 0 Å². The number of aromatic nitrogens is 2. The maximum atomic E-state index is 13.7. The molecular weight excluding hydrogens is 311 g/mol. The van der Waals surface area contributed by atoms with Crippen LogP contribution < -0.4 is 4.72 Å². The summed E-state index contributed by atoms with van der Waals surface area (Å²) in [6.45, 7) is 1.25. The molecule has 0 unspecified atom stereocenters. The molecule has 1 N–H and O–H groups in total. The first-order valence-electron chi connectivity index (χ1n) is 7.21. The molecular formula is C13H23FN4O3S. The van der Waals surface area contributed by atoms with Gasteiger partial charge < -0.3 is 4.74 Å². The van der Waals surface area contributed by atoms with Gasteiger partial charge in [0.25, 0.3) is 0 Å². The van der Waals surface area contributed by atoms with Crippen LogP contribution in [0.2, 0.25) is 0 Å². The number of methoxy groups -OCH3 is 1. The highest BCUT2D eigenvalue weighted by molar-refractivity contribution is 7.89. The van der Waals surface area contributed by atoms with Crippen molar-refractivity contribution in [1.82, 2.24) is 19.4 Å². The van der Waals surface area contributed by atoms with E-state index < -0.39 is 16.2 Å². The van der Waals surface area contributed by atoms with E-state index in [0.29, 0.717) is 19.5 Å². The highest BCUT2D eigenvalue weighted by Gasteiger charge is 2.32. The standard InChI is InChI=1S/C13H23FN4O3S/c1-17-8-11(6-15-17)9-18-10-12(14)5-13(18)7-16-22(19,20)4-3-21-2/h6,8,12-13,16H,3-5,7,9-10H2,1-2H3/t12-,13-/m0/s1. The van der Waals surface area contributed by atoms with Gasteiger partial charge in [0.15, 0.2) is 0 Å². The molecule has 1 aromatic rings. The molecule has 0 aliphatic carbocycles. The van der Waals surface area contributed by atoms with Crippen LogP contribution in [0.5, 0.6) is 0 Å². The van der Waals surface area contributed by atoms with Gasteiger partial charge in [-0.25, -0.2) is 17.5 Å². The van der Waals surface area contributed by atoms with Crippen LogP contribution in [-0.2, 0) is 28.4 Å².